The van der Waals surface area contributed by atoms with Crippen LogP contribution in [0.25, 0.3) is 0 Å². The summed E-state index contributed by atoms with van der Waals surface area (Å²) in [6.45, 7) is 0. The SMILES string of the molecule is NC(=O)Nc1cc(C(F)(F)F)ccc1O. The largest absolute Gasteiger partial charge is 0.506 e. The van der Waals surface area contributed by atoms with Gasteiger partial charge in [-0.2, -0.15) is 13.2 Å². The van der Waals surface area contributed by atoms with E-state index in [4.69, 9.17) is 10.8 Å². The molecule has 0 saturated heterocycles. The molecule has 0 aliphatic carbocycles. The second kappa shape index (κ2) is 3.68. The lowest BCUT2D eigenvalue weighted by Gasteiger charge is -2.10. The number of halogens is 3. The molecule has 7 heteroatoms. The van der Waals surface area contributed by atoms with Crippen molar-refractivity contribution in [1.82, 2.24) is 0 Å². The average Bonchev–Trinajstić information content (AvgIpc) is 2.06. The van der Waals surface area contributed by atoms with E-state index >= 15 is 0 Å². The Bertz CT molecular complexity index is 390. The number of aromatic hydroxyl groups is 1. The summed E-state index contributed by atoms with van der Waals surface area (Å²) in [5.74, 6) is -0.484. The van der Waals surface area contributed by atoms with Gasteiger partial charge in [-0.25, -0.2) is 4.79 Å². The van der Waals surface area contributed by atoms with Gasteiger partial charge in [-0.05, 0) is 18.2 Å². The van der Waals surface area contributed by atoms with E-state index in [-0.39, 0.29) is 5.69 Å². The van der Waals surface area contributed by atoms with E-state index in [1.165, 1.54) is 0 Å². The Morgan fingerprint density at radius 3 is 2.47 bits per heavy atom. The Morgan fingerprint density at radius 2 is 2.00 bits per heavy atom. The van der Waals surface area contributed by atoms with Crippen molar-refractivity contribution in [1.29, 1.82) is 0 Å². The van der Waals surface area contributed by atoms with Crippen LogP contribution in [0.5, 0.6) is 5.75 Å². The molecule has 1 rings (SSSR count). The molecule has 0 radical (unpaired) electrons. The Labute approximate surface area is 82.5 Å². The van der Waals surface area contributed by atoms with Gasteiger partial charge in [0.25, 0.3) is 0 Å². The van der Waals surface area contributed by atoms with Gasteiger partial charge in [0.15, 0.2) is 0 Å². The Kier molecular flexibility index (Phi) is 2.74. The van der Waals surface area contributed by atoms with Crippen molar-refractivity contribution in [3.8, 4) is 5.75 Å². The zero-order chi connectivity index (χ0) is 11.6. The van der Waals surface area contributed by atoms with Gasteiger partial charge in [0.1, 0.15) is 5.75 Å². The number of phenolic OH excluding ortho intramolecular Hbond substituents is 1. The lowest BCUT2D eigenvalue weighted by molar-refractivity contribution is -0.137. The number of rotatable bonds is 1. The van der Waals surface area contributed by atoms with E-state index in [1.807, 2.05) is 5.32 Å². The number of phenols is 1. The first kappa shape index (κ1) is 11.2. The van der Waals surface area contributed by atoms with Crippen molar-refractivity contribution in [3.63, 3.8) is 0 Å². The maximum absolute atomic E-state index is 12.2. The van der Waals surface area contributed by atoms with Crippen molar-refractivity contribution in [2.75, 3.05) is 5.32 Å². The molecule has 0 aromatic heterocycles. The number of carbonyl (C=O) groups excluding carboxylic acids is 1. The molecular formula is C8H7F3N2O2. The fourth-order valence-electron chi connectivity index (χ4n) is 0.945. The number of anilines is 1. The summed E-state index contributed by atoms with van der Waals surface area (Å²) in [6, 6.07) is 1.07. The van der Waals surface area contributed by atoms with Crippen LogP contribution in [0.1, 0.15) is 5.56 Å². The third-order valence-electron chi connectivity index (χ3n) is 1.58. The first-order chi connectivity index (χ1) is 6.80. The standard InChI is InChI=1S/C8H7F3N2O2/c9-8(10,11)4-1-2-6(14)5(3-4)13-7(12)15/h1-3,14H,(H3,12,13,15). The van der Waals surface area contributed by atoms with Gasteiger partial charge in [0.2, 0.25) is 0 Å². The molecule has 2 amide bonds. The third kappa shape index (κ3) is 2.76. The molecular weight excluding hydrogens is 213 g/mol. The van der Waals surface area contributed by atoms with E-state index < -0.39 is 23.5 Å². The number of amides is 2. The van der Waals surface area contributed by atoms with Crippen molar-refractivity contribution in [2.45, 2.75) is 6.18 Å². The molecule has 1 aromatic rings. The van der Waals surface area contributed by atoms with Crippen molar-refractivity contribution in [2.24, 2.45) is 5.73 Å². The summed E-state index contributed by atoms with van der Waals surface area (Å²) >= 11 is 0. The van der Waals surface area contributed by atoms with E-state index in [2.05, 4.69) is 0 Å². The van der Waals surface area contributed by atoms with Crippen LogP contribution in [-0.4, -0.2) is 11.1 Å². The average molecular weight is 220 g/mol. The minimum absolute atomic E-state index is 0.377. The minimum atomic E-state index is -4.54. The highest BCUT2D eigenvalue weighted by molar-refractivity contribution is 5.89. The molecule has 0 spiro atoms. The molecule has 0 aliphatic heterocycles. The van der Waals surface area contributed by atoms with Crippen LogP contribution in [0.15, 0.2) is 18.2 Å². The predicted molar refractivity (Wildman–Crippen MR) is 46.3 cm³/mol. The van der Waals surface area contributed by atoms with Crippen LogP contribution in [-0.2, 0) is 6.18 Å². The fraction of sp³-hybridized carbons (Fsp3) is 0.125. The molecule has 0 unspecified atom stereocenters. The molecule has 0 heterocycles. The molecule has 0 fully saturated rings. The monoisotopic (exact) mass is 220 g/mol. The summed E-state index contributed by atoms with van der Waals surface area (Å²) < 4.78 is 36.6. The number of hydrogen-bond donors (Lipinski definition) is 3. The Balaban J connectivity index is 3.11. The normalized spacial score (nSPS) is 11.1. The van der Waals surface area contributed by atoms with Gasteiger partial charge in [0.05, 0.1) is 11.3 Å². The highest BCUT2D eigenvalue weighted by atomic mass is 19.4. The quantitative estimate of drug-likeness (QED) is 0.632. The van der Waals surface area contributed by atoms with Gasteiger partial charge in [0, 0.05) is 0 Å². The molecule has 1 aromatic carbocycles. The number of carbonyl (C=O) groups is 1. The Morgan fingerprint density at radius 1 is 1.40 bits per heavy atom. The first-order valence-electron chi connectivity index (χ1n) is 3.77. The lowest BCUT2D eigenvalue weighted by Crippen LogP contribution is -2.19. The Hall–Kier alpha value is -1.92. The highest BCUT2D eigenvalue weighted by Gasteiger charge is 2.31. The zero-order valence-corrected chi connectivity index (χ0v) is 7.30. The van der Waals surface area contributed by atoms with Crippen molar-refractivity contribution >= 4 is 11.7 Å². The van der Waals surface area contributed by atoms with Gasteiger partial charge >= 0.3 is 12.2 Å². The maximum atomic E-state index is 12.2. The summed E-state index contributed by atoms with van der Waals surface area (Å²) in [5, 5.41) is 11.0. The van der Waals surface area contributed by atoms with Crippen LogP contribution < -0.4 is 11.1 Å². The predicted octanol–water partition coefficient (Wildman–Crippen LogP) is 1.90. The topological polar surface area (TPSA) is 75.4 Å². The molecule has 15 heavy (non-hydrogen) atoms. The molecule has 82 valence electrons. The van der Waals surface area contributed by atoms with E-state index in [9.17, 15) is 18.0 Å². The third-order valence-corrected chi connectivity index (χ3v) is 1.58. The van der Waals surface area contributed by atoms with Gasteiger partial charge in [-0.3, -0.25) is 0 Å². The van der Waals surface area contributed by atoms with Gasteiger partial charge in [-0.1, -0.05) is 0 Å². The van der Waals surface area contributed by atoms with E-state index in [0.717, 1.165) is 6.07 Å². The second-order valence-electron chi connectivity index (χ2n) is 2.72. The van der Waals surface area contributed by atoms with Crippen LogP contribution in [0.3, 0.4) is 0 Å². The molecule has 0 aliphatic rings. The smallest absolute Gasteiger partial charge is 0.416 e. The number of nitrogens with two attached hydrogens (primary N) is 1. The van der Waals surface area contributed by atoms with Crippen LogP contribution in [0.2, 0.25) is 0 Å². The zero-order valence-electron chi connectivity index (χ0n) is 7.30. The van der Waals surface area contributed by atoms with Crippen LogP contribution in [0, 0.1) is 0 Å². The number of nitrogens with one attached hydrogen (secondary N) is 1. The molecule has 0 saturated carbocycles. The number of primary amides is 1. The highest BCUT2D eigenvalue weighted by Crippen LogP contribution is 2.34. The molecule has 4 N–H and O–H groups in total. The van der Waals surface area contributed by atoms with Crippen LogP contribution in [0.4, 0.5) is 23.7 Å². The fourth-order valence-corrected chi connectivity index (χ4v) is 0.945. The van der Waals surface area contributed by atoms with Crippen molar-refractivity contribution in [3.05, 3.63) is 23.8 Å². The summed E-state index contributed by atoms with van der Waals surface area (Å²) in [4.78, 5) is 10.4. The summed E-state index contributed by atoms with van der Waals surface area (Å²) in [7, 11) is 0. The van der Waals surface area contributed by atoms with Gasteiger partial charge in [-0.15, -0.1) is 0 Å². The van der Waals surface area contributed by atoms with Crippen molar-refractivity contribution < 1.29 is 23.1 Å². The van der Waals surface area contributed by atoms with Gasteiger partial charge < -0.3 is 16.2 Å². The van der Waals surface area contributed by atoms with Crippen LogP contribution >= 0.6 is 0 Å². The van der Waals surface area contributed by atoms with E-state index in [1.54, 1.807) is 0 Å². The van der Waals surface area contributed by atoms with E-state index in [0.29, 0.717) is 12.1 Å². The number of benzene rings is 1. The second-order valence-corrected chi connectivity index (χ2v) is 2.72. The number of hydrogen-bond acceptors (Lipinski definition) is 2. The molecule has 0 bridgehead atoms. The first-order valence-corrected chi connectivity index (χ1v) is 3.77. The maximum Gasteiger partial charge on any atom is 0.416 e. The molecule has 4 nitrogen and oxygen atoms in total. The minimum Gasteiger partial charge on any atom is -0.506 e. The summed E-state index contributed by atoms with van der Waals surface area (Å²) in [5.41, 5.74) is 3.35. The molecule has 0 atom stereocenters. The number of urea groups is 1. The lowest BCUT2D eigenvalue weighted by atomic mass is 10.2. The summed E-state index contributed by atoms with van der Waals surface area (Å²) in [6.07, 6.45) is -4.54. The number of alkyl halides is 3.